The molecule has 1 aromatic carbocycles. The van der Waals surface area contributed by atoms with Gasteiger partial charge in [0, 0.05) is 11.6 Å². The number of carbonyl (C=O) groups is 1. The monoisotopic (exact) mass is 252 g/mol. The zero-order valence-corrected chi connectivity index (χ0v) is 10.7. The highest BCUT2D eigenvalue weighted by Crippen LogP contribution is 2.24. The van der Waals surface area contributed by atoms with E-state index in [0.717, 1.165) is 6.08 Å². The van der Waals surface area contributed by atoms with E-state index in [2.05, 4.69) is 0 Å². The molecule has 4 heteroatoms. The van der Waals surface area contributed by atoms with Crippen LogP contribution >= 0.6 is 0 Å². The molecule has 1 N–H and O–H groups in total. The minimum atomic E-state index is -0.804. The first kappa shape index (κ1) is 14.4. The quantitative estimate of drug-likeness (QED) is 0.662. The van der Waals surface area contributed by atoms with Crippen LogP contribution in [0.5, 0.6) is 0 Å². The maximum absolute atomic E-state index is 13.9. The second-order valence-corrected chi connectivity index (χ2v) is 3.96. The fourth-order valence-electron chi connectivity index (χ4n) is 1.59. The largest absolute Gasteiger partial charge is 0.463 e. The SMILES string of the molecule is CCOC(=O)/C=C/c1c([C@@H](C)O)ccc(C)c1F. The van der Waals surface area contributed by atoms with Gasteiger partial charge in [0.25, 0.3) is 0 Å². The number of hydrogen-bond donors (Lipinski definition) is 1. The molecule has 0 saturated carbocycles. The molecule has 0 heterocycles. The van der Waals surface area contributed by atoms with Crippen molar-refractivity contribution < 1.29 is 19.0 Å². The molecule has 0 saturated heterocycles. The Balaban J connectivity index is 3.13. The summed E-state index contributed by atoms with van der Waals surface area (Å²) in [6, 6.07) is 3.24. The lowest BCUT2D eigenvalue weighted by molar-refractivity contribution is -0.137. The highest BCUT2D eigenvalue weighted by molar-refractivity contribution is 5.87. The Morgan fingerprint density at radius 2 is 2.22 bits per heavy atom. The van der Waals surface area contributed by atoms with Crippen molar-refractivity contribution >= 4 is 12.0 Å². The molecule has 0 aliphatic heterocycles. The Kier molecular flexibility index (Phi) is 5.04. The summed E-state index contributed by atoms with van der Waals surface area (Å²) in [6.07, 6.45) is 1.69. The van der Waals surface area contributed by atoms with Crippen molar-refractivity contribution in [3.63, 3.8) is 0 Å². The second kappa shape index (κ2) is 6.31. The van der Waals surface area contributed by atoms with E-state index in [1.54, 1.807) is 32.9 Å². The van der Waals surface area contributed by atoms with Gasteiger partial charge in [0.1, 0.15) is 5.82 Å². The zero-order valence-electron chi connectivity index (χ0n) is 10.7. The first-order valence-corrected chi connectivity index (χ1v) is 5.79. The van der Waals surface area contributed by atoms with Crippen molar-refractivity contribution in [2.45, 2.75) is 26.9 Å². The van der Waals surface area contributed by atoms with Gasteiger partial charge < -0.3 is 9.84 Å². The molecule has 0 unspecified atom stereocenters. The molecular weight excluding hydrogens is 235 g/mol. The number of halogens is 1. The molecule has 0 fully saturated rings. The van der Waals surface area contributed by atoms with Crippen molar-refractivity contribution in [1.82, 2.24) is 0 Å². The fraction of sp³-hybridized carbons (Fsp3) is 0.357. The molecule has 0 spiro atoms. The van der Waals surface area contributed by atoms with Crippen LogP contribution < -0.4 is 0 Å². The van der Waals surface area contributed by atoms with Gasteiger partial charge in [-0.2, -0.15) is 0 Å². The molecular formula is C14H17FO3. The molecule has 0 radical (unpaired) electrons. The highest BCUT2D eigenvalue weighted by Gasteiger charge is 2.12. The maximum Gasteiger partial charge on any atom is 0.330 e. The predicted octanol–water partition coefficient (Wildman–Crippen LogP) is 2.76. The Bertz CT molecular complexity index is 464. The number of aliphatic hydroxyl groups is 1. The van der Waals surface area contributed by atoms with E-state index in [-0.39, 0.29) is 12.2 Å². The molecule has 3 nitrogen and oxygen atoms in total. The van der Waals surface area contributed by atoms with Gasteiger partial charge in [0.2, 0.25) is 0 Å². The van der Waals surface area contributed by atoms with E-state index in [9.17, 15) is 14.3 Å². The minimum Gasteiger partial charge on any atom is -0.463 e. The first-order chi connectivity index (χ1) is 8.47. The number of benzene rings is 1. The van der Waals surface area contributed by atoms with Crippen molar-refractivity contribution in [1.29, 1.82) is 0 Å². The summed E-state index contributed by atoms with van der Waals surface area (Å²) in [6.45, 7) is 5.14. The lowest BCUT2D eigenvalue weighted by atomic mass is 9.99. The highest BCUT2D eigenvalue weighted by atomic mass is 19.1. The Morgan fingerprint density at radius 3 is 2.78 bits per heavy atom. The van der Waals surface area contributed by atoms with E-state index in [0.29, 0.717) is 11.1 Å². The predicted molar refractivity (Wildman–Crippen MR) is 67.4 cm³/mol. The van der Waals surface area contributed by atoms with E-state index < -0.39 is 17.9 Å². The van der Waals surface area contributed by atoms with Crippen LogP contribution in [0.3, 0.4) is 0 Å². The zero-order chi connectivity index (χ0) is 13.7. The summed E-state index contributed by atoms with van der Waals surface area (Å²) < 4.78 is 18.7. The average Bonchev–Trinajstić information content (AvgIpc) is 2.31. The third kappa shape index (κ3) is 3.40. The average molecular weight is 252 g/mol. The minimum absolute atomic E-state index is 0.220. The molecule has 0 aromatic heterocycles. The fourth-order valence-corrected chi connectivity index (χ4v) is 1.59. The van der Waals surface area contributed by atoms with Gasteiger partial charge in [0.15, 0.2) is 0 Å². The van der Waals surface area contributed by atoms with Crippen LogP contribution in [0.2, 0.25) is 0 Å². The summed E-state index contributed by atoms with van der Waals surface area (Å²) in [4.78, 5) is 11.2. The van der Waals surface area contributed by atoms with Gasteiger partial charge in [0.05, 0.1) is 12.7 Å². The lowest BCUT2D eigenvalue weighted by Crippen LogP contribution is -2.02. The molecule has 0 bridgehead atoms. The first-order valence-electron chi connectivity index (χ1n) is 5.79. The summed E-state index contributed by atoms with van der Waals surface area (Å²) in [5.74, 6) is -0.969. The van der Waals surface area contributed by atoms with Crippen LogP contribution in [-0.2, 0) is 9.53 Å². The smallest absolute Gasteiger partial charge is 0.330 e. The molecule has 0 aliphatic carbocycles. The molecule has 1 atom stereocenters. The van der Waals surface area contributed by atoms with Crippen molar-refractivity contribution in [3.05, 3.63) is 40.7 Å². The number of rotatable bonds is 4. The number of hydrogen-bond acceptors (Lipinski definition) is 3. The van der Waals surface area contributed by atoms with Crippen LogP contribution in [0.15, 0.2) is 18.2 Å². The van der Waals surface area contributed by atoms with Crippen LogP contribution in [0.1, 0.15) is 36.6 Å². The number of ether oxygens (including phenoxy) is 1. The van der Waals surface area contributed by atoms with Gasteiger partial charge >= 0.3 is 5.97 Å². The molecule has 1 rings (SSSR count). The Morgan fingerprint density at radius 1 is 1.56 bits per heavy atom. The summed E-state index contributed by atoms with van der Waals surface area (Å²) in [7, 11) is 0. The normalized spacial score (nSPS) is 12.7. The topological polar surface area (TPSA) is 46.5 Å². The van der Waals surface area contributed by atoms with Crippen LogP contribution in [0.4, 0.5) is 4.39 Å². The standard InChI is InChI=1S/C14H17FO3/c1-4-18-13(17)8-7-12-11(10(3)16)6-5-9(2)14(12)15/h5-8,10,16H,4H2,1-3H3/b8-7+/t10-/m1/s1. The lowest BCUT2D eigenvalue weighted by Gasteiger charge is -2.11. The third-order valence-corrected chi connectivity index (χ3v) is 2.53. The van der Waals surface area contributed by atoms with Crippen molar-refractivity contribution in [2.24, 2.45) is 0 Å². The van der Waals surface area contributed by atoms with Gasteiger partial charge in [-0.05, 0) is 38.0 Å². The summed E-state index contributed by atoms with van der Waals surface area (Å²) >= 11 is 0. The van der Waals surface area contributed by atoms with Crippen molar-refractivity contribution in [3.8, 4) is 0 Å². The van der Waals surface area contributed by atoms with Gasteiger partial charge in [-0.15, -0.1) is 0 Å². The molecule has 18 heavy (non-hydrogen) atoms. The van der Waals surface area contributed by atoms with Gasteiger partial charge in [-0.3, -0.25) is 0 Å². The van der Waals surface area contributed by atoms with E-state index in [1.165, 1.54) is 6.08 Å². The number of aryl methyl sites for hydroxylation is 1. The summed E-state index contributed by atoms with van der Waals surface area (Å²) in [5.41, 5.74) is 1.12. The van der Waals surface area contributed by atoms with Gasteiger partial charge in [-0.1, -0.05) is 12.1 Å². The van der Waals surface area contributed by atoms with Gasteiger partial charge in [-0.25, -0.2) is 9.18 Å². The summed E-state index contributed by atoms with van der Waals surface area (Å²) in [5, 5.41) is 9.57. The molecule has 98 valence electrons. The number of carbonyl (C=O) groups excluding carboxylic acids is 1. The molecule has 1 aromatic rings. The molecule has 0 amide bonds. The van der Waals surface area contributed by atoms with Crippen LogP contribution in [0, 0.1) is 12.7 Å². The van der Waals surface area contributed by atoms with E-state index in [1.807, 2.05) is 0 Å². The third-order valence-electron chi connectivity index (χ3n) is 2.53. The van der Waals surface area contributed by atoms with Crippen LogP contribution in [-0.4, -0.2) is 17.7 Å². The second-order valence-electron chi connectivity index (χ2n) is 3.96. The number of esters is 1. The Labute approximate surface area is 106 Å². The molecule has 0 aliphatic rings. The number of aliphatic hydroxyl groups excluding tert-OH is 1. The Hall–Kier alpha value is -1.68. The maximum atomic E-state index is 13.9. The van der Waals surface area contributed by atoms with Crippen molar-refractivity contribution in [2.75, 3.05) is 6.61 Å². The van der Waals surface area contributed by atoms with Crippen LogP contribution in [0.25, 0.3) is 6.08 Å². The van der Waals surface area contributed by atoms with E-state index >= 15 is 0 Å². The van der Waals surface area contributed by atoms with E-state index in [4.69, 9.17) is 4.74 Å².